The van der Waals surface area contributed by atoms with Gasteiger partial charge in [0.25, 0.3) is 5.91 Å². The van der Waals surface area contributed by atoms with Gasteiger partial charge in [-0.15, -0.1) is 11.3 Å². The summed E-state index contributed by atoms with van der Waals surface area (Å²) in [6.07, 6.45) is 3.66. The van der Waals surface area contributed by atoms with Crippen LogP contribution in [0.1, 0.15) is 40.2 Å². The minimum Gasteiger partial charge on any atom is -0.488 e. The second kappa shape index (κ2) is 8.08. The molecule has 6 nitrogen and oxygen atoms in total. The Kier molecular flexibility index (Phi) is 5.13. The number of anilines is 2. The average Bonchev–Trinajstić information content (AvgIpc) is 3.33. The van der Waals surface area contributed by atoms with E-state index in [1.54, 1.807) is 0 Å². The number of pyridine rings is 1. The number of ether oxygens (including phenoxy) is 1. The Morgan fingerprint density at radius 3 is 2.79 bits per heavy atom. The molecule has 0 spiro atoms. The standard InChI is InChI=1S/C25H26F2N4O2S/c1-12-2-5-16-21(28)23(34-25(16)29-12)24(32)30-15-7-17-18(26)8-19(20(27)22(17)33-11-15)31-9-13-3-4-14(6-13)10-31/h2,5,8,13-15H,3-4,6-7,9-11,28H2,1H3,(H,30,32)/t13?,14?,15-/m0/s1. The van der Waals surface area contributed by atoms with Gasteiger partial charge in [-0.1, -0.05) is 0 Å². The highest BCUT2D eigenvalue weighted by molar-refractivity contribution is 7.21. The lowest BCUT2D eigenvalue weighted by atomic mass is 9.96. The van der Waals surface area contributed by atoms with Gasteiger partial charge in [0, 0.05) is 42.2 Å². The van der Waals surface area contributed by atoms with E-state index in [9.17, 15) is 4.79 Å². The number of fused-ring (bicyclic) bond motifs is 4. The summed E-state index contributed by atoms with van der Waals surface area (Å²) in [7, 11) is 0. The number of amides is 1. The summed E-state index contributed by atoms with van der Waals surface area (Å²) >= 11 is 1.22. The molecule has 1 amide bonds. The van der Waals surface area contributed by atoms with Crippen molar-refractivity contribution in [2.75, 3.05) is 30.3 Å². The summed E-state index contributed by atoms with van der Waals surface area (Å²) in [5.74, 6) is -0.283. The molecular weight excluding hydrogens is 458 g/mol. The number of piperidine rings is 1. The number of halogens is 2. The van der Waals surface area contributed by atoms with Crippen LogP contribution < -0.4 is 20.7 Å². The molecule has 2 aromatic heterocycles. The molecule has 2 fully saturated rings. The molecule has 2 bridgehead atoms. The first-order chi connectivity index (χ1) is 16.4. The fourth-order valence-electron chi connectivity index (χ4n) is 5.69. The van der Waals surface area contributed by atoms with Crippen LogP contribution in [0.4, 0.5) is 20.2 Å². The Labute approximate surface area is 200 Å². The minimum absolute atomic E-state index is 0.0283. The van der Waals surface area contributed by atoms with Crippen LogP contribution in [0.3, 0.4) is 0 Å². The van der Waals surface area contributed by atoms with Gasteiger partial charge in [-0.05, 0) is 50.2 Å². The maximum Gasteiger partial charge on any atom is 0.263 e. The fourth-order valence-corrected chi connectivity index (χ4v) is 6.74. The number of nitrogens with zero attached hydrogens (tertiary/aromatic N) is 2. The van der Waals surface area contributed by atoms with Gasteiger partial charge in [-0.3, -0.25) is 4.79 Å². The molecule has 2 aliphatic heterocycles. The summed E-state index contributed by atoms with van der Waals surface area (Å²) in [5.41, 5.74) is 7.86. The van der Waals surface area contributed by atoms with Crippen molar-refractivity contribution in [1.82, 2.24) is 10.3 Å². The van der Waals surface area contributed by atoms with Crippen molar-refractivity contribution >= 4 is 38.8 Å². The molecule has 2 unspecified atom stereocenters. The zero-order chi connectivity index (χ0) is 23.6. The highest BCUT2D eigenvalue weighted by atomic mass is 32.1. The molecule has 1 aliphatic carbocycles. The molecule has 6 rings (SSSR count). The van der Waals surface area contributed by atoms with Crippen LogP contribution in [0.15, 0.2) is 18.2 Å². The van der Waals surface area contributed by atoms with Gasteiger partial charge in [0.15, 0.2) is 11.6 Å². The number of nitrogens with two attached hydrogens (primary N) is 1. The van der Waals surface area contributed by atoms with E-state index in [1.165, 1.54) is 23.8 Å². The number of hydrogen-bond donors (Lipinski definition) is 2. The van der Waals surface area contributed by atoms with Crippen LogP contribution in [0, 0.1) is 30.4 Å². The molecule has 3 N–H and O–H groups in total. The van der Waals surface area contributed by atoms with Gasteiger partial charge >= 0.3 is 0 Å². The highest BCUT2D eigenvalue weighted by Gasteiger charge is 2.36. The Morgan fingerprint density at radius 1 is 1.26 bits per heavy atom. The topological polar surface area (TPSA) is 80.5 Å². The normalized spacial score (nSPS) is 23.6. The van der Waals surface area contributed by atoms with Crippen molar-refractivity contribution in [3.05, 3.63) is 46.0 Å². The Bertz CT molecular complexity index is 1300. The van der Waals surface area contributed by atoms with E-state index in [-0.39, 0.29) is 35.9 Å². The zero-order valence-electron chi connectivity index (χ0n) is 18.9. The van der Waals surface area contributed by atoms with Crippen molar-refractivity contribution in [3.63, 3.8) is 0 Å². The highest BCUT2D eigenvalue weighted by Crippen LogP contribution is 2.42. The van der Waals surface area contributed by atoms with Crippen molar-refractivity contribution in [1.29, 1.82) is 0 Å². The van der Waals surface area contributed by atoms with E-state index in [4.69, 9.17) is 10.5 Å². The quantitative estimate of drug-likeness (QED) is 0.575. The Hall–Kier alpha value is -2.94. The van der Waals surface area contributed by atoms with Crippen LogP contribution in [0.5, 0.6) is 5.75 Å². The number of nitrogens with one attached hydrogen (secondary N) is 1. The zero-order valence-corrected chi connectivity index (χ0v) is 19.7. The number of aromatic nitrogens is 1. The first-order valence-electron chi connectivity index (χ1n) is 11.7. The minimum atomic E-state index is -0.502. The second-order valence-electron chi connectivity index (χ2n) is 9.78. The number of carbonyl (C=O) groups excluding carboxylic acids is 1. The third-order valence-electron chi connectivity index (χ3n) is 7.35. The molecule has 1 aromatic carbocycles. The molecule has 34 heavy (non-hydrogen) atoms. The maximum atomic E-state index is 15.4. The number of rotatable bonds is 3. The Morgan fingerprint density at radius 2 is 2.03 bits per heavy atom. The molecule has 0 radical (unpaired) electrons. The lowest BCUT2D eigenvalue weighted by Gasteiger charge is -2.35. The SMILES string of the molecule is Cc1ccc2c(N)c(C(=O)N[C@@H]3COc4c(F)c(N5CC6CCC(C6)C5)cc(F)c4C3)sc2n1. The molecule has 1 saturated carbocycles. The maximum absolute atomic E-state index is 15.4. The number of carbonyl (C=O) groups is 1. The smallest absolute Gasteiger partial charge is 0.263 e. The lowest BCUT2D eigenvalue weighted by Crippen LogP contribution is -2.43. The van der Waals surface area contributed by atoms with Gasteiger partial charge in [0.1, 0.15) is 22.1 Å². The summed E-state index contributed by atoms with van der Waals surface area (Å²) in [5, 5.41) is 3.61. The van der Waals surface area contributed by atoms with E-state index in [0.717, 1.165) is 37.0 Å². The van der Waals surface area contributed by atoms with E-state index in [2.05, 4.69) is 10.3 Å². The molecule has 3 aromatic rings. The van der Waals surface area contributed by atoms with Gasteiger partial charge in [0.05, 0.1) is 17.4 Å². The van der Waals surface area contributed by atoms with Crippen LogP contribution in [-0.2, 0) is 6.42 Å². The summed E-state index contributed by atoms with van der Waals surface area (Å²) in [6.45, 7) is 3.46. The summed E-state index contributed by atoms with van der Waals surface area (Å²) in [4.78, 5) is 20.4. The molecule has 3 atom stereocenters. The predicted octanol–water partition coefficient (Wildman–Crippen LogP) is 4.43. The van der Waals surface area contributed by atoms with Crippen molar-refractivity contribution in [2.24, 2.45) is 11.8 Å². The average molecular weight is 485 g/mol. The van der Waals surface area contributed by atoms with Crippen molar-refractivity contribution in [3.8, 4) is 5.75 Å². The third kappa shape index (κ3) is 3.57. The summed E-state index contributed by atoms with van der Waals surface area (Å²) < 4.78 is 36.2. The number of hydrogen-bond acceptors (Lipinski definition) is 6. The fraction of sp³-hybridized carbons (Fsp3) is 0.440. The number of thiophene rings is 1. The number of nitrogen functional groups attached to an aromatic ring is 1. The molecular formula is C25H26F2N4O2S. The van der Waals surface area contributed by atoms with E-state index < -0.39 is 17.7 Å². The first-order valence-corrected chi connectivity index (χ1v) is 12.5. The molecule has 178 valence electrons. The largest absolute Gasteiger partial charge is 0.488 e. The summed E-state index contributed by atoms with van der Waals surface area (Å²) in [6, 6.07) is 4.50. The van der Waals surface area contributed by atoms with Crippen molar-refractivity contribution < 1.29 is 18.3 Å². The number of aryl methyl sites for hydroxylation is 1. The van der Waals surface area contributed by atoms with Gasteiger partial charge in [-0.2, -0.15) is 0 Å². The Balaban J connectivity index is 1.22. The van der Waals surface area contributed by atoms with Crippen molar-refractivity contribution in [2.45, 2.75) is 38.6 Å². The van der Waals surface area contributed by atoms with Gasteiger partial charge < -0.3 is 20.7 Å². The predicted molar refractivity (Wildman–Crippen MR) is 129 cm³/mol. The van der Waals surface area contributed by atoms with E-state index >= 15 is 8.78 Å². The second-order valence-corrected chi connectivity index (χ2v) is 10.8. The number of benzene rings is 1. The van der Waals surface area contributed by atoms with Crippen LogP contribution >= 0.6 is 11.3 Å². The van der Waals surface area contributed by atoms with Crippen LogP contribution in [0.2, 0.25) is 0 Å². The van der Waals surface area contributed by atoms with Crippen LogP contribution in [0.25, 0.3) is 10.2 Å². The lowest BCUT2D eigenvalue weighted by molar-refractivity contribution is 0.0918. The molecule has 1 saturated heterocycles. The third-order valence-corrected chi connectivity index (χ3v) is 8.47. The van der Waals surface area contributed by atoms with E-state index in [0.29, 0.717) is 27.2 Å². The van der Waals surface area contributed by atoms with E-state index in [1.807, 2.05) is 24.0 Å². The molecule has 9 heteroatoms. The van der Waals surface area contributed by atoms with Gasteiger partial charge in [0.2, 0.25) is 0 Å². The molecule has 4 heterocycles. The molecule has 3 aliphatic rings. The first kappa shape index (κ1) is 21.6. The monoisotopic (exact) mass is 484 g/mol. The van der Waals surface area contributed by atoms with Crippen LogP contribution in [-0.4, -0.2) is 36.6 Å². The van der Waals surface area contributed by atoms with Gasteiger partial charge in [-0.25, -0.2) is 13.8 Å².